The van der Waals surface area contributed by atoms with Crippen LogP contribution in [0.4, 0.5) is 0 Å². The van der Waals surface area contributed by atoms with Gasteiger partial charge in [0.2, 0.25) is 0 Å². The first-order valence-electron chi connectivity index (χ1n) is 7.75. The quantitative estimate of drug-likeness (QED) is 0.564. The van der Waals surface area contributed by atoms with E-state index < -0.39 is 0 Å². The van der Waals surface area contributed by atoms with Crippen molar-refractivity contribution in [3.8, 4) is 5.69 Å². The Balaban J connectivity index is 1.94. The largest absolute Gasteiger partial charge is 0.280 e. The van der Waals surface area contributed by atoms with Gasteiger partial charge in [-0.05, 0) is 36.2 Å². The highest BCUT2D eigenvalue weighted by Crippen LogP contribution is 2.23. The number of rotatable bonds is 3. The predicted octanol–water partition coefficient (Wildman–Crippen LogP) is 4.32. The van der Waals surface area contributed by atoms with Crippen molar-refractivity contribution in [3.05, 3.63) is 89.9 Å². The second-order valence-electron chi connectivity index (χ2n) is 5.66. The number of nitrogens with zero attached hydrogens (tertiary/aromatic N) is 3. The highest BCUT2D eigenvalue weighted by atomic mass is 15.1. The third kappa shape index (κ3) is 2.50. The van der Waals surface area contributed by atoms with E-state index in [4.69, 9.17) is 4.98 Å². The highest BCUT2D eigenvalue weighted by molar-refractivity contribution is 5.74. The first-order valence-corrected chi connectivity index (χ1v) is 7.75. The summed E-state index contributed by atoms with van der Waals surface area (Å²) >= 11 is 0. The lowest BCUT2D eigenvalue weighted by Crippen LogP contribution is -2.04. The molecule has 0 amide bonds. The zero-order valence-electron chi connectivity index (χ0n) is 13.0. The summed E-state index contributed by atoms with van der Waals surface area (Å²) in [7, 11) is 0. The summed E-state index contributed by atoms with van der Waals surface area (Å²) in [6.45, 7) is 2.12. The fourth-order valence-electron chi connectivity index (χ4n) is 2.92. The minimum atomic E-state index is 0.783. The molecule has 0 saturated heterocycles. The van der Waals surface area contributed by atoms with E-state index in [-0.39, 0.29) is 0 Å². The van der Waals surface area contributed by atoms with Crippen LogP contribution in [0, 0.1) is 6.92 Å². The van der Waals surface area contributed by atoms with Crippen LogP contribution in [0.2, 0.25) is 0 Å². The van der Waals surface area contributed by atoms with Crippen LogP contribution >= 0.6 is 0 Å². The van der Waals surface area contributed by atoms with Crippen LogP contribution in [0.3, 0.4) is 0 Å². The van der Waals surface area contributed by atoms with Gasteiger partial charge < -0.3 is 0 Å². The summed E-state index contributed by atoms with van der Waals surface area (Å²) < 4.78 is 2.18. The standard InChI is InChI=1S/C20H17N3/c1-15-8-5-6-12-18(15)23-19(14-16-9-3-2-4-10-16)22-17-11-7-13-21-20(17)23/h2-13H,14H2,1H3. The van der Waals surface area contributed by atoms with Crippen molar-refractivity contribution in [3.63, 3.8) is 0 Å². The molecule has 0 aliphatic heterocycles. The molecule has 0 atom stereocenters. The SMILES string of the molecule is Cc1ccccc1-n1c(Cc2ccccc2)nc2cccnc21. The van der Waals surface area contributed by atoms with Gasteiger partial charge in [0.1, 0.15) is 11.3 Å². The molecule has 2 heterocycles. The van der Waals surface area contributed by atoms with E-state index in [1.807, 2.05) is 24.4 Å². The Kier molecular flexibility index (Phi) is 3.39. The van der Waals surface area contributed by atoms with E-state index in [1.165, 1.54) is 11.1 Å². The van der Waals surface area contributed by atoms with Crippen LogP contribution in [0.25, 0.3) is 16.9 Å². The molecule has 0 N–H and O–H groups in total. The molecule has 112 valence electrons. The van der Waals surface area contributed by atoms with Gasteiger partial charge in [-0.25, -0.2) is 9.97 Å². The maximum atomic E-state index is 4.83. The number of aromatic nitrogens is 3. The number of aryl methyl sites for hydroxylation is 1. The fraction of sp³-hybridized carbons (Fsp3) is 0.100. The molecule has 2 aromatic heterocycles. The Morgan fingerprint density at radius 1 is 0.870 bits per heavy atom. The normalized spacial score (nSPS) is 11.0. The molecule has 0 aliphatic carbocycles. The highest BCUT2D eigenvalue weighted by Gasteiger charge is 2.14. The van der Waals surface area contributed by atoms with E-state index in [1.54, 1.807) is 0 Å². The Morgan fingerprint density at radius 3 is 2.48 bits per heavy atom. The molecule has 3 nitrogen and oxygen atoms in total. The lowest BCUT2D eigenvalue weighted by molar-refractivity contribution is 0.918. The van der Waals surface area contributed by atoms with Crippen LogP contribution in [-0.2, 0) is 6.42 Å². The number of benzene rings is 2. The van der Waals surface area contributed by atoms with Gasteiger partial charge in [0.25, 0.3) is 0 Å². The van der Waals surface area contributed by atoms with Gasteiger partial charge >= 0.3 is 0 Å². The lowest BCUT2D eigenvalue weighted by atomic mass is 10.1. The van der Waals surface area contributed by atoms with Crippen molar-refractivity contribution in [2.45, 2.75) is 13.3 Å². The lowest BCUT2D eigenvalue weighted by Gasteiger charge is -2.11. The molecule has 0 spiro atoms. The second-order valence-corrected chi connectivity index (χ2v) is 5.66. The van der Waals surface area contributed by atoms with Crippen molar-refractivity contribution in [2.75, 3.05) is 0 Å². The molecule has 0 fully saturated rings. The smallest absolute Gasteiger partial charge is 0.164 e. The maximum Gasteiger partial charge on any atom is 0.164 e. The molecular weight excluding hydrogens is 282 g/mol. The third-order valence-electron chi connectivity index (χ3n) is 4.05. The number of para-hydroxylation sites is 1. The average Bonchev–Trinajstić information content (AvgIpc) is 2.94. The van der Waals surface area contributed by atoms with E-state index in [0.29, 0.717) is 0 Å². The second kappa shape index (κ2) is 5.69. The van der Waals surface area contributed by atoms with Gasteiger partial charge in [-0.1, -0.05) is 48.5 Å². The van der Waals surface area contributed by atoms with Gasteiger partial charge in [-0.3, -0.25) is 4.57 Å². The van der Waals surface area contributed by atoms with Crippen molar-refractivity contribution in [2.24, 2.45) is 0 Å². The third-order valence-corrected chi connectivity index (χ3v) is 4.05. The summed E-state index contributed by atoms with van der Waals surface area (Å²) in [6.07, 6.45) is 2.61. The first kappa shape index (κ1) is 13.7. The molecule has 0 aliphatic rings. The van der Waals surface area contributed by atoms with Crippen LogP contribution in [-0.4, -0.2) is 14.5 Å². The molecule has 4 rings (SSSR count). The van der Waals surface area contributed by atoms with Crippen LogP contribution in [0.1, 0.15) is 17.0 Å². The summed E-state index contributed by atoms with van der Waals surface area (Å²) in [4.78, 5) is 9.39. The zero-order valence-corrected chi connectivity index (χ0v) is 13.0. The zero-order chi connectivity index (χ0) is 15.6. The average molecular weight is 299 g/mol. The summed E-state index contributed by atoms with van der Waals surface area (Å²) in [6, 6.07) is 22.7. The molecule has 0 bridgehead atoms. The molecule has 0 unspecified atom stereocenters. The molecule has 2 aromatic carbocycles. The van der Waals surface area contributed by atoms with E-state index in [9.17, 15) is 0 Å². The molecule has 0 saturated carbocycles. The Hall–Kier alpha value is -2.94. The molecule has 3 heteroatoms. The van der Waals surface area contributed by atoms with Gasteiger partial charge in [-0.2, -0.15) is 0 Å². The van der Waals surface area contributed by atoms with Crippen LogP contribution < -0.4 is 0 Å². The van der Waals surface area contributed by atoms with E-state index in [2.05, 4.69) is 65.0 Å². The monoisotopic (exact) mass is 299 g/mol. The Bertz CT molecular complexity index is 955. The minimum Gasteiger partial charge on any atom is -0.280 e. The van der Waals surface area contributed by atoms with Crippen LogP contribution in [0.15, 0.2) is 72.9 Å². The number of pyridine rings is 1. The molecule has 23 heavy (non-hydrogen) atoms. The fourth-order valence-corrected chi connectivity index (χ4v) is 2.92. The molecule has 0 radical (unpaired) electrons. The Morgan fingerprint density at radius 2 is 1.65 bits per heavy atom. The summed E-state index contributed by atoms with van der Waals surface area (Å²) in [5.74, 6) is 1.01. The van der Waals surface area contributed by atoms with E-state index in [0.717, 1.165) is 29.1 Å². The van der Waals surface area contributed by atoms with Gasteiger partial charge in [0, 0.05) is 12.6 Å². The van der Waals surface area contributed by atoms with Crippen molar-refractivity contribution in [1.29, 1.82) is 0 Å². The van der Waals surface area contributed by atoms with Crippen molar-refractivity contribution < 1.29 is 0 Å². The van der Waals surface area contributed by atoms with Crippen molar-refractivity contribution in [1.82, 2.24) is 14.5 Å². The van der Waals surface area contributed by atoms with Gasteiger partial charge in [0.15, 0.2) is 5.65 Å². The van der Waals surface area contributed by atoms with Gasteiger partial charge in [0.05, 0.1) is 5.69 Å². The first-order chi connectivity index (χ1) is 11.3. The van der Waals surface area contributed by atoms with E-state index >= 15 is 0 Å². The minimum absolute atomic E-state index is 0.783. The predicted molar refractivity (Wildman–Crippen MR) is 92.9 cm³/mol. The number of imidazole rings is 1. The molecule has 4 aromatic rings. The Labute approximate surface area is 135 Å². The topological polar surface area (TPSA) is 30.7 Å². The number of hydrogen-bond acceptors (Lipinski definition) is 2. The van der Waals surface area contributed by atoms with Crippen molar-refractivity contribution >= 4 is 11.2 Å². The summed E-state index contributed by atoms with van der Waals surface area (Å²) in [5.41, 5.74) is 5.44. The number of hydrogen-bond donors (Lipinski definition) is 0. The number of fused-ring (bicyclic) bond motifs is 1. The maximum absolute atomic E-state index is 4.83. The molecular formula is C20H17N3. The van der Waals surface area contributed by atoms with Gasteiger partial charge in [-0.15, -0.1) is 0 Å². The van der Waals surface area contributed by atoms with Crippen LogP contribution in [0.5, 0.6) is 0 Å². The summed E-state index contributed by atoms with van der Waals surface area (Å²) in [5, 5.41) is 0.